The number of aromatic hydroxyl groups is 4. The van der Waals surface area contributed by atoms with Gasteiger partial charge in [-0.1, -0.05) is 0 Å². The van der Waals surface area contributed by atoms with E-state index in [4.69, 9.17) is 4.74 Å². The van der Waals surface area contributed by atoms with Crippen molar-refractivity contribution in [3.8, 4) is 28.7 Å². The van der Waals surface area contributed by atoms with Gasteiger partial charge in [-0.05, 0) is 37.6 Å². The lowest BCUT2D eigenvalue weighted by molar-refractivity contribution is 0.0726. The smallest absolute Gasteiger partial charge is 0.351 e. The molecule has 2 aromatic rings. The van der Waals surface area contributed by atoms with Crippen molar-refractivity contribution in [2.24, 2.45) is 0 Å². The van der Waals surface area contributed by atoms with Gasteiger partial charge in [-0.3, -0.25) is 0 Å². The summed E-state index contributed by atoms with van der Waals surface area (Å²) in [6, 6.07) is 5.10. The summed E-state index contributed by atoms with van der Waals surface area (Å²) in [4.78, 5) is 12.1. The minimum atomic E-state index is -0.970. The number of ether oxygens (including phenoxy) is 1. The fourth-order valence-electron chi connectivity index (χ4n) is 1.84. The zero-order valence-corrected chi connectivity index (χ0v) is 11.4. The van der Waals surface area contributed by atoms with Crippen LogP contribution in [0.1, 0.15) is 21.5 Å². The fourth-order valence-corrected chi connectivity index (χ4v) is 1.84. The van der Waals surface area contributed by atoms with E-state index in [-0.39, 0.29) is 22.8 Å². The van der Waals surface area contributed by atoms with Crippen molar-refractivity contribution >= 4 is 5.97 Å². The predicted molar refractivity (Wildman–Crippen MR) is 74.0 cm³/mol. The number of rotatable bonds is 2. The first-order chi connectivity index (χ1) is 9.81. The fraction of sp³-hybridized carbons (Fsp3) is 0.133. The van der Waals surface area contributed by atoms with Gasteiger partial charge in [0, 0.05) is 11.6 Å². The van der Waals surface area contributed by atoms with Crippen molar-refractivity contribution in [2.75, 3.05) is 0 Å². The van der Waals surface area contributed by atoms with Gasteiger partial charge in [-0.25, -0.2) is 4.79 Å². The monoisotopic (exact) mass is 290 g/mol. The first-order valence-electron chi connectivity index (χ1n) is 6.07. The van der Waals surface area contributed by atoms with Crippen molar-refractivity contribution in [3.05, 3.63) is 41.0 Å². The first kappa shape index (κ1) is 14.5. The van der Waals surface area contributed by atoms with Gasteiger partial charge in [0.1, 0.15) is 34.3 Å². The van der Waals surface area contributed by atoms with Crippen LogP contribution in [-0.2, 0) is 0 Å². The molecule has 0 bridgehead atoms. The average molecular weight is 290 g/mol. The topological polar surface area (TPSA) is 107 Å². The summed E-state index contributed by atoms with van der Waals surface area (Å²) in [5, 5.41) is 38.3. The molecule has 110 valence electrons. The normalized spacial score (nSPS) is 10.4. The number of phenolic OH excluding ortho intramolecular Hbond substituents is 4. The van der Waals surface area contributed by atoms with Crippen LogP contribution in [0.5, 0.6) is 28.7 Å². The quantitative estimate of drug-likeness (QED) is 0.499. The van der Waals surface area contributed by atoms with Crippen LogP contribution >= 0.6 is 0 Å². The second-order valence-corrected chi connectivity index (χ2v) is 4.60. The zero-order chi connectivity index (χ0) is 15.7. The Balaban J connectivity index is 2.39. The van der Waals surface area contributed by atoms with Gasteiger partial charge in [0.25, 0.3) is 0 Å². The lowest BCUT2D eigenvalue weighted by Gasteiger charge is -2.12. The standard InChI is InChI=1S/C15H14O6/c1-7-5-9(16)3-4-12(7)21-15(20)13-11(18)6-10(17)8(2)14(13)19/h3-6,16-19H,1-2H3. The number of phenols is 4. The molecule has 0 fully saturated rings. The van der Waals surface area contributed by atoms with Crippen molar-refractivity contribution < 1.29 is 30.0 Å². The van der Waals surface area contributed by atoms with Crippen molar-refractivity contribution in [1.82, 2.24) is 0 Å². The molecule has 6 nitrogen and oxygen atoms in total. The predicted octanol–water partition coefficient (Wildman–Crippen LogP) is 2.35. The Labute approximate surface area is 120 Å². The van der Waals surface area contributed by atoms with E-state index < -0.39 is 23.0 Å². The van der Waals surface area contributed by atoms with Gasteiger partial charge < -0.3 is 25.2 Å². The molecule has 6 heteroatoms. The Morgan fingerprint density at radius 1 is 1.00 bits per heavy atom. The number of benzene rings is 2. The molecule has 0 aliphatic heterocycles. The number of carbonyl (C=O) groups is 1. The van der Waals surface area contributed by atoms with E-state index in [1.807, 2.05) is 0 Å². The lowest BCUT2D eigenvalue weighted by atomic mass is 10.1. The molecule has 21 heavy (non-hydrogen) atoms. The molecular weight excluding hydrogens is 276 g/mol. The molecule has 0 unspecified atom stereocenters. The molecule has 0 aliphatic carbocycles. The van der Waals surface area contributed by atoms with Crippen LogP contribution in [0, 0.1) is 13.8 Å². The van der Waals surface area contributed by atoms with Gasteiger partial charge in [0.05, 0.1) is 0 Å². The number of hydrogen-bond donors (Lipinski definition) is 4. The second kappa shape index (κ2) is 5.24. The Morgan fingerprint density at radius 2 is 1.67 bits per heavy atom. The highest BCUT2D eigenvalue weighted by molar-refractivity contribution is 5.97. The van der Waals surface area contributed by atoms with Crippen LogP contribution in [0.3, 0.4) is 0 Å². The molecule has 0 aliphatic rings. The number of esters is 1. The third kappa shape index (κ3) is 2.69. The summed E-state index contributed by atoms with van der Waals surface area (Å²) in [6.07, 6.45) is 0. The van der Waals surface area contributed by atoms with Crippen LogP contribution in [0.2, 0.25) is 0 Å². The molecule has 2 aromatic carbocycles. The second-order valence-electron chi connectivity index (χ2n) is 4.60. The summed E-state index contributed by atoms with van der Waals surface area (Å²) < 4.78 is 5.09. The molecule has 0 atom stereocenters. The molecule has 4 N–H and O–H groups in total. The van der Waals surface area contributed by atoms with Crippen molar-refractivity contribution in [1.29, 1.82) is 0 Å². The molecule has 0 saturated heterocycles. The maximum absolute atomic E-state index is 12.1. The van der Waals surface area contributed by atoms with E-state index in [1.54, 1.807) is 6.92 Å². The Kier molecular flexibility index (Phi) is 3.62. The van der Waals surface area contributed by atoms with Crippen LogP contribution in [0.15, 0.2) is 24.3 Å². The third-order valence-electron chi connectivity index (χ3n) is 3.07. The summed E-state index contributed by atoms with van der Waals surface area (Å²) >= 11 is 0. The van der Waals surface area contributed by atoms with Crippen LogP contribution in [0.4, 0.5) is 0 Å². The lowest BCUT2D eigenvalue weighted by Crippen LogP contribution is -2.10. The molecule has 0 aromatic heterocycles. The van der Waals surface area contributed by atoms with Crippen molar-refractivity contribution in [2.45, 2.75) is 13.8 Å². The maximum atomic E-state index is 12.1. The summed E-state index contributed by atoms with van der Waals surface area (Å²) in [6.45, 7) is 3.02. The minimum absolute atomic E-state index is 0.0264. The molecule has 0 saturated carbocycles. The largest absolute Gasteiger partial charge is 0.508 e. The van der Waals surface area contributed by atoms with Crippen molar-refractivity contribution in [3.63, 3.8) is 0 Å². The average Bonchev–Trinajstić information content (AvgIpc) is 2.39. The van der Waals surface area contributed by atoms with E-state index in [0.717, 1.165) is 6.07 Å². The highest BCUT2D eigenvalue weighted by atomic mass is 16.5. The van der Waals surface area contributed by atoms with Crippen LogP contribution in [0.25, 0.3) is 0 Å². The van der Waals surface area contributed by atoms with E-state index in [1.165, 1.54) is 25.1 Å². The van der Waals surface area contributed by atoms with Gasteiger partial charge >= 0.3 is 5.97 Å². The van der Waals surface area contributed by atoms with Gasteiger partial charge in [0.2, 0.25) is 0 Å². The first-order valence-corrected chi connectivity index (χ1v) is 6.07. The summed E-state index contributed by atoms with van der Waals surface area (Å²) in [7, 11) is 0. The number of aryl methyl sites for hydroxylation is 1. The van der Waals surface area contributed by atoms with Gasteiger partial charge in [-0.15, -0.1) is 0 Å². The van der Waals surface area contributed by atoms with Gasteiger partial charge in [-0.2, -0.15) is 0 Å². The molecular formula is C15H14O6. The Hall–Kier alpha value is -2.89. The van der Waals surface area contributed by atoms with E-state index in [0.29, 0.717) is 5.56 Å². The molecule has 2 rings (SSSR count). The number of hydrogen-bond acceptors (Lipinski definition) is 6. The van der Waals surface area contributed by atoms with E-state index >= 15 is 0 Å². The highest BCUT2D eigenvalue weighted by Crippen LogP contribution is 2.37. The van der Waals surface area contributed by atoms with Crippen LogP contribution < -0.4 is 4.74 Å². The molecule has 0 radical (unpaired) electrons. The van der Waals surface area contributed by atoms with E-state index in [9.17, 15) is 25.2 Å². The summed E-state index contributed by atoms with van der Waals surface area (Å²) in [5.74, 6) is -2.23. The summed E-state index contributed by atoms with van der Waals surface area (Å²) in [5.41, 5.74) is 0.137. The molecule has 0 amide bonds. The maximum Gasteiger partial charge on any atom is 0.351 e. The Bertz CT molecular complexity index is 721. The van der Waals surface area contributed by atoms with E-state index in [2.05, 4.69) is 0 Å². The molecule has 0 heterocycles. The number of carbonyl (C=O) groups excluding carboxylic acids is 1. The van der Waals surface area contributed by atoms with Crippen LogP contribution in [-0.4, -0.2) is 26.4 Å². The Morgan fingerprint density at radius 3 is 2.29 bits per heavy atom. The molecule has 0 spiro atoms. The van der Waals surface area contributed by atoms with Gasteiger partial charge in [0.15, 0.2) is 0 Å². The minimum Gasteiger partial charge on any atom is -0.508 e. The highest BCUT2D eigenvalue weighted by Gasteiger charge is 2.23. The third-order valence-corrected chi connectivity index (χ3v) is 3.07. The zero-order valence-electron chi connectivity index (χ0n) is 11.4. The SMILES string of the molecule is Cc1cc(O)ccc1OC(=O)c1c(O)cc(O)c(C)c1O.